The van der Waals surface area contributed by atoms with Gasteiger partial charge in [-0.15, -0.1) is 11.3 Å². The van der Waals surface area contributed by atoms with Gasteiger partial charge < -0.3 is 10.6 Å². The quantitative estimate of drug-likeness (QED) is 0.347. The van der Waals surface area contributed by atoms with Crippen molar-refractivity contribution in [1.29, 1.82) is 0 Å². The Labute approximate surface area is 170 Å². The zero-order chi connectivity index (χ0) is 19.8. The van der Waals surface area contributed by atoms with Gasteiger partial charge in [-0.05, 0) is 43.9 Å². The molecule has 7 heteroatoms. The summed E-state index contributed by atoms with van der Waals surface area (Å²) in [6.45, 7) is 5.78. The third kappa shape index (κ3) is 5.42. The van der Waals surface area contributed by atoms with Crippen LogP contribution < -0.4 is 10.6 Å². The fourth-order valence-electron chi connectivity index (χ4n) is 2.91. The van der Waals surface area contributed by atoms with Gasteiger partial charge in [0.05, 0.1) is 17.9 Å². The second-order valence-corrected chi connectivity index (χ2v) is 7.75. The lowest BCUT2D eigenvalue weighted by Crippen LogP contribution is -2.37. The summed E-state index contributed by atoms with van der Waals surface area (Å²) >= 11 is 1.75. The SMILES string of the molecule is CCc1cnc(CNC(=NC)NCCCc2cn(-c3ccccc3)nc2C)s1. The highest BCUT2D eigenvalue weighted by molar-refractivity contribution is 7.11. The summed E-state index contributed by atoms with van der Waals surface area (Å²) < 4.78 is 1.96. The molecule has 148 valence electrons. The number of hydrogen-bond donors (Lipinski definition) is 2. The van der Waals surface area contributed by atoms with E-state index in [1.54, 1.807) is 18.4 Å². The molecule has 28 heavy (non-hydrogen) atoms. The van der Waals surface area contributed by atoms with Crippen LogP contribution in [0.4, 0.5) is 0 Å². The van der Waals surface area contributed by atoms with Crippen molar-refractivity contribution in [2.45, 2.75) is 39.7 Å². The molecule has 0 atom stereocenters. The zero-order valence-electron chi connectivity index (χ0n) is 16.8. The summed E-state index contributed by atoms with van der Waals surface area (Å²) in [6.07, 6.45) is 7.11. The lowest BCUT2D eigenvalue weighted by atomic mass is 10.1. The molecule has 0 amide bonds. The molecule has 0 saturated carbocycles. The number of rotatable bonds is 8. The molecule has 0 aliphatic rings. The van der Waals surface area contributed by atoms with E-state index in [9.17, 15) is 0 Å². The highest BCUT2D eigenvalue weighted by Gasteiger charge is 2.07. The Morgan fingerprint density at radius 2 is 2.04 bits per heavy atom. The molecule has 3 aromatic rings. The Morgan fingerprint density at radius 3 is 2.75 bits per heavy atom. The van der Waals surface area contributed by atoms with Gasteiger partial charge in [-0.3, -0.25) is 4.99 Å². The minimum absolute atomic E-state index is 0.702. The number of para-hydroxylation sites is 1. The van der Waals surface area contributed by atoms with Crippen LogP contribution in [0.15, 0.2) is 47.7 Å². The summed E-state index contributed by atoms with van der Waals surface area (Å²) in [7, 11) is 1.79. The van der Waals surface area contributed by atoms with Gasteiger partial charge in [-0.1, -0.05) is 25.1 Å². The number of guanidine groups is 1. The number of nitrogens with one attached hydrogen (secondary N) is 2. The highest BCUT2D eigenvalue weighted by Crippen LogP contribution is 2.14. The van der Waals surface area contributed by atoms with Crippen LogP contribution in [0.25, 0.3) is 5.69 Å². The van der Waals surface area contributed by atoms with Crippen LogP contribution in [0.2, 0.25) is 0 Å². The number of nitrogens with zero attached hydrogens (tertiary/aromatic N) is 4. The van der Waals surface area contributed by atoms with Crippen molar-refractivity contribution >= 4 is 17.3 Å². The second kappa shape index (κ2) is 10.0. The van der Waals surface area contributed by atoms with E-state index in [2.05, 4.69) is 57.9 Å². The zero-order valence-corrected chi connectivity index (χ0v) is 17.6. The van der Waals surface area contributed by atoms with Crippen molar-refractivity contribution in [1.82, 2.24) is 25.4 Å². The van der Waals surface area contributed by atoms with Gasteiger partial charge in [-0.2, -0.15) is 5.10 Å². The average Bonchev–Trinajstić information content (AvgIpc) is 3.34. The Hall–Kier alpha value is -2.67. The molecule has 2 N–H and O–H groups in total. The predicted molar refractivity (Wildman–Crippen MR) is 116 cm³/mol. The van der Waals surface area contributed by atoms with E-state index in [1.165, 1.54) is 10.4 Å². The summed E-state index contributed by atoms with van der Waals surface area (Å²) in [4.78, 5) is 10.0. The van der Waals surface area contributed by atoms with Crippen molar-refractivity contribution in [2.75, 3.05) is 13.6 Å². The number of aryl methyl sites for hydroxylation is 3. The largest absolute Gasteiger partial charge is 0.356 e. The van der Waals surface area contributed by atoms with E-state index in [1.807, 2.05) is 29.1 Å². The van der Waals surface area contributed by atoms with E-state index in [-0.39, 0.29) is 0 Å². The minimum atomic E-state index is 0.702. The van der Waals surface area contributed by atoms with Crippen LogP contribution in [0, 0.1) is 6.92 Å². The molecule has 0 saturated heterocycles. The monoisotopic (exact) mass is 396 g/mol. The Balaban J connectivity index is 1.44. The number of benzene rings is 1. The van der Waals surface area contributed by atoms with Crippen molar-refractivity contribution < 1.29 is 0 Å². The van der Waals surface area contributed by atoms with Gasteiger partial charge in [0.25, 0.3) is 0 Å². The minimum Gasteiger partial charge on any atom is -0.356 e. The van der Waals surface area contributed by atoms with Gasteiger partial charge >= 0.3 is 0 Å². The molecule has 6 nitrogen and oxygen atoms in total. The molecule has 0 aliphatic carbocycles. The number of aromatic nitrogens is 3. The summed E-state index contributed by atoms with van der Waals surface area (Å²) in [6, 6.07) is 10.2. The van der Waals surface area contributed by atoms with Crippen molar-refractivity contribution in [3.63, 3.8) is 0 Å². The van der Waals surface area contributed by atoms with E-state index < -0.39 is 0 Å². The molecule has 2 aromatic heterocycles. The Bertz CT molecular complexity index is 897. The molecule has 0 bridgehead atoms. The second-order valence-electron chi connectivity index (χ2n) is 6.55. The molecule has 0 spiro atoms. The first-order chi connectivity index (χ1) is 13.7. The highest BCUT2D eigenvalue weighted by atomic mass is 32.1. The lowest BCUT2D eigenvalue weighted by molar-refractivity contribution is 0.739. The number of thiazole rings is 1. The topological polar surface area (TPSA) is 67.1 Å². The third-order valence-electron chi connectivity index (χ3n) is 4.52. The van der Waals surface area contributed by atoms with Crippen LogP contribution in [-0.2, 0) is 19.4 Å². The van der Waals surface area contributed by atoms with E-state index >= 15 is 0 Å². The van der Waals surface area contributed by atoms with E-state index in [4.69, 9.17) is 0 Å². The molecular weight excluding hydrogens is 368 g/mol. The Morgan fingerprint density at radius 1 is 1.21 bits per heavy atom. The summed E-state index contributed by atoms with van der Waals surface area (Å²) in [5.74, 6) is 0.810. The number of hydrogen-bond acceptors (Lipinski definition) is 4. The van der Waals surface area contributed by atoms with Crippen molar-refractivity contribution in [2.24, 2.45) is 4.99 Å². The maximum Gasteiger partial charge on any atom is 0.191 e. The molecule has 0 radical (unpaired) electrons. The molecule has 2 heterocycles. The summed E-state index contributed by atoms with van der Waals surface area (Å²) in [5.41, 5.74) is 3.46. The van der Waals surface area contributed by atoms with Gasteiger partial charge in [0, 0.05) is 30.9 Å². The van der Waals surface area contributed by atoms with Gasteiger partial charge in [0.15, 0.2) is 5.96 Å². The van der Waals surface area contributed by atoms with Gasteiger partial charge in [-0.25, -0.2) is 9.67 Å². The average molecular weight is 397 g/mol. The van der Waals surface area contributed by atoms with Crippen LogP contribution in [-0.4, -0.2) is 34.3 Å². The maximum absolute atomic E-state index is 4.64. The molecule has 0 fully saturated rings. The third-order valence-corrected chi connectivity index (χ3v) is 5.66. The Kier molecular flexibility index (Phi) is 7.19. The standard InChI is InChI=1S/C21H28N6S/c1-4-19-13-24-20(28-19)14-25-21(22-3)23-12-8-9-17-15-27(26-16(17)2)18-10-6-5-7-11-18/h5-7,10-11,13,15H,4,8-9,12,14H2,1-3H3,(H2,22,23,25). The first kappa shape index (κ1) is 20.1. The van der Waals surface area contributed by atoms with Crippen molar-refractivity contribution in [3.8, 4) is 5.69 Å². The fraction of sp³-hybridized carbons (Fsp3) is 0.381. The lowest BCUT2D eigenvalue weighted by Gasteiger charge is -2.10. The van der Waals surface area contributed by atoms with E-state index in [0.717, 1.165) is 48.2 Å². The van der Waals surface area contributed by atoms with Gasteiger partial charge in [0.1, 0.15) is 5.01 Å². The maximum atomic E-state index is 4.64. The van der Waals surface area contributed by atoms with Crippen molar-refractivity contribution in [3.05, 3.63) is 63.9 Å². The fourth-order valence-corrected chi connectivity index (χ4v) is 3.72. The van der Waals surface area contributed by atoms with E-state index in [0.29, 0.717) is 6.54 Å². The smallest absolute Gasteiger partial charge is 0.191 e. The first-order valence-corrected chi connectivity index (χ1v) is 10.5. The molecule has 3 rings (SSSR count). The van der Waals surface area contributed by atoms with Crippen LogP contribution >= 0.6 is 11.3 Å². The van der Waals surface area contributed by atoms with Crippen LogP contribution in [0.1, 0.15) is 34.5 Å². The number of aliphatic imine (C=N–C) groups is 1. The first-order valence-electron chi connectivity index (χ1n) is 9.68. The predicted octanol–water partition coefficient (Wildman–Crippen LogP) is 3.50. The van der Waals surface area contributed by atoms with Gasteiger partial charge in [0.2, 0.25) is 0 Å². The molecule has 0 aliphatic heterocycles. The normalized spacial score (nSPS) is 11.6. The van der Waals surface area contributed by atoms with Crippen LogP contribution in [0.3, 0.4) is 0 Å². The molecule has 1 aromatic carbocycles. The molecule has 0 unspecified atom stereocenters. The molecular formula is C21H28N6S. The van der Waals surface area contributed by atoms with Crippen LogP contribution in [0.5, 0.6) is 0 Å². The summed E-state index contributed by atoms with van der Waals surface area (Å²) in [5, 5.41) is 12.4.